The minimum atomic E-state index is -0.999. The van der Waals surface area contributed by atoms with Crippen LogP contribution in [0.4, 0.5) is 0 Å². The first-order valence-corrected chi connectivity index (χ1v) is 10.6. The van der Waals surface area contributed by atoms with Gasteiger partial charge in [-0.3, -0.25) is 0 Å². The Morgan fingerprint density at radius 3 is 2.71 bits per heavy atom. The lowest BCUT2D eigenvalue weighted by molar-refractivity contribution is -0.149. The van der Waals surface area contributed by atoms with Gasteiger partial charge in [0.1, 0.15) is 11.9 Å². The van der Waals surface area contributed by atoms with E-state index in [0.29, 0.717) is 30.2 Å². The molecule has 0 radical (unpaired) electrons. The number of allylic oxidation sites excluding steroid dienone is 3. The Morgan fingerprint density at radius 1 is 1.35 bits per heavy atom. The van der Waals surface area contributed by atoms with E-state index in [1.165, 1.54) is 0 Å². The lowest BCUT2D eigenvalue weighted by atomic mass is 9.87. The number of hydrogen-bond acceptors (Lipinski definition) is 5. The molecule has 0 spiro atoms. The number of aliphatic carboxylic acids is 1. The molecule has 0 aromatic heterocycles. The lowest BCUT2D eigenvalue weighted by Crippen LogP contribution is -2.37. The van der Waals surface area contributed by atoms with Gasteiger partial charge in [0, 0.05) is 33.0 Å². The van der Waals surface area contributed by atoms with Gasteiger partial charge in [-0.05, 0) is 43.7 Å². The molecule has 170 valence electrons. The molecule has 0 bridgehead atoms. The molecule has 0 heterocycles. The number of ether oxygens (including phenoxy) is 4. The Bertz CT molecular complexity index is 831. The zero-order valence-electron chi connectivity index (χ0n) is 18.5. The SMILES string of the molecule is C/C=C\C(CC1(OC)C=CC=C(OC)C1)Oc1ccc(C[C@H](OCC)C(=O)O)cc1Cl. The second kappa shape index (κ2) is 11.9. The van der Waals surface area contributed by atoms with Crippen LogP contribution in [-0.2, 0) is 25.4 Å². The molecule has 0 saturated carbocycles. The molecule has 0 saturated heterocycles. The quantitative estimate of drug-likeness (QED) is 0.453. The Hall–Kier alpha value is -2.28. The fourth-order valence-corrected chi connectivity index (χ4v) is 3.76. The fourth-order valence-electron chi connectivity index (χ4n) is 3.51. The molecule has 3 atom stereocenters. The van der Waals surface area contributed by atoms with E-state index in [1.807, 2.05) is 37.3 Å². The average molecular weight is 451 g/mol. The zero-order chi connectivity index (χ0) is 22.9. The van der Waals surface area contributed by atoms with Crippen molar-refractivity contribution in [2.75, 3.05) is 20.8 Å². The van der Waals surface area contributed by atoms with E-state index in [2.05, 4.69) is 0 Å². The van der Waals surface area contributed by atoms with Crippen LogP contribution < -0.4 is 4.74 Å². The summed E-state index contributed by atoms with van der Waals surface area (Å²) in [6.45, 7) is 4.02. The molecule has 31 heavy (non-hydrogen) atoms. The third kappa shape index (κ3) is 7.13. The molecular formula is C24H31ClO6. The van der Waals surface area contributed by atoms with Crippen molar-refractivity contribution in [1.82, 2.24) is 0 Å². The monoisotopic (exact) mass is 450 g/mol. The van der Waals surface area contributed by atoms with Gasteiger partial charge in [0.05, 0.1) is 23.5 Å². The average Bonchev–Trinajstić information content (AvgIpc) is 2.75. The molecule has 1 aromatic carbocycles. The molecule has 6 nitrogen and oxygen atoms in total. The Labute approximate surface area is 189 Å². The van der Waals surface area contributed by atoms with Gasteiger partial charge in [-0.1, -0.05) is 35.9 Å². The van der Waals surface area contributed by atoms with Crippen molar-refractivity contribution in [3.8, 4) is 5.75 Å². The van der Waals surface area contributed by atoms with Gasteiger partial charge >= 0.3 is 5.97 Å². The van der Waals surface area contributed by atoms with Crippen LogP contribution in [0, 0.1) is 0 Å². The van der Waals surface area contributed by atoms with E-state index < -0.39 is 17.7 Å². The van der Waals surface area contributed by atoms with Gasteiger partial charge in [0.15, 0.2) is 6.10 Å². The van der Waals surface area contributed by atoms with Crippen molar-refractivity contribution in [2.24, 2.45) is 0 Å². The predicted octanol–water partition coefficient (Wildman–Crippen LogP) is 4.96. The van der Waals surface area contributed by atoms with Crippen LogP contribution >= 0.6 is 11.6 Å². The third-order valence-corrected chi connectivity index (χ3v) is 5.41. The second-order valence-electron chi connectivity index (χ2n) is 7.28. The number of carboxylic acids is 1. The topological polar surface area (TPSA) is 74.2 Å². The summed E-state index contributed by atoms with van der Waals surface area (Å²) in [6, 6.07) is 5.29. The van der Waals surface area contributed by atoms with Crippen molar-refractivity contribution in [3.63, 3.8) is 0 Å². The van der Waals surface area contributed by atoms with E-state index in [4.69, 9.17) is 30.5 Å². The summed E-state index contributed by atoms with van der Waals surface area (Å²) < 4.78 is 22.7. The zero-order valence-corrected chi connectivity index (χ0v) is 19.2. The minimum Gasteiger partial charge on any atom is -0.501 e. The van der Waals surface area contributed by atoms with Crippen LogP contribution in [0.1, 0.15) is 32.3 Å². The van der Waals surface area contributed by atoms with E-state index in [1.54, 1.807) is 39.3 Å². The standard InChI is InChI=1S/C24H31ClO6/c1-5-8-19(16-24(29-4)12-7-9-18(15-24)28-3)31-21-11-10-17(13-20(21)25)14-22(23(26)27)30-6-2/h5,7-13,19,22H,6,14-16H2,1-4H3,(H,26,27)/b8-5-/t19?,22-,24?/m0/s1. The van der Waals surface area contributed by atoms with Crippen LogP contribution in [0.15, 0.2) is 54.3 Å². The highest BCUT2D eigenvalue weighted by Gasteiger charge is 2.34. The van der Waals surface area contributed by atoms with E-state index >= 15 is 0 Å². The highest BCUT2D eigenvalue weighted by molar-refractivity contribution is 6.32. The molecule has 0 fully saturated rings. The van der Waals surface area contributed by atoms with E-state index in [9.17, 15) is 9.90 Å². The second-order valence-corrected chi connectivity index (χ2v) is 7.69. The first-order chi connectivity index (χ1) is 14.9. The molecule has 7 heteroatoms. The molecule has 1 N–H and O–H groups in total. The summed E-state index contributed by atoms with van der Waals surface area (Å²) in [5, 5.41) is 9.70. The predicted molar refractivity (Wildman–Crippen MR) is 121 cm³/mol. The van der Waals surface area contributed by atoms with Crippen LogP contribution in [0.5, 0.6) is 5.75 Å². The van der Waals surface area contributed by atoms with Crippen molar-refractivity contribution in [1.29, 1.82) is 0 Å². The first-order valence-electron chi connectivity index (χ1n) is 10.3. The Balaban J connectivity index is 2.15. The summed E-state index contributed by atoms with van der Waals surface area (Å²) in [4.78, 5) is 11.3. The van der Waals surface area contributed by atoms with Gasteiger partial charge in [-0.15, -0.1) is 0 Å². The number of carboxylic acid groups (broad SMARTS) is 1. The van der Waals surface area contributed by atoms with Crippen LogP contribution in [-0.4, -0.2) is 49.7 Å². The van der Waals surface area contributed by atoms with Crippen molar-refractivity contribution >= 4 is 17.6 Å². The summed E-state index contributed by atoms with van der Waals surface area (Å²) >= 11 is 6.46. The largest absolute Gasteiger partial charge is 0.501 e. The highest BCUT2D eigenvalue weighted by atomic mass is 35.5. The van der Waals surface area contributed by atoms with Crippen LogP contribution in [0.25, 0.3) is 0 Å². The molecule has 1 aliphatic rings. The number of hydrogen-bond donors (Lipinski definition) is 1. The van der Waals surface area contributed by atoms with Gasteiger partial charge in [-0.25, -0.2) is 4.79 Å². The third-order valence-electron chi connectivity index (χ3n) is 5.12. The number of carbonyl (C=O) groups is 1. The maximum atomic E-state index is 11.3. The number of methoxy groups -OCH3 is 2. The Kier molecular flexibility index (Phi) is 9.62. The van der Waals surface area contributed by atoms with Crippen molar-refractivity contribution < 1.29 is 28.8 Å². The molecule has 0 aliphatic heterocycles. The van der Waals surface area contributed by atoms with Gasteiger partial charge in [-0.2, -0.15) is 0 Å². The van der Waals surface area contributed by atoms with Crippen molar-refractivity contribution in [2.45, 2.75) is 50.9 Å². The van der Waals surface area contributed by atoms with Gasteiger partial charge in [0.2, 0.25) is 0 Å². The molecule has 0 amide bonds. The maximum Gasteiger partial charge on any atom is 0.333 e. The highest BCUT2D eigenvalue weighted by Crippen LogP contribution is 2.34. The number of halogens is 1. The lowest BCUT2D eigenvalue weighted by Gasteiger charge is -2.34. The molecule has 1 aromatic rings. The summed E-state index contributed by atoms with van der Waals surface area (Å²) in [5.41, 5.74) is 0.210. The smallest absolute Gasteiger partial charge is 0.333 e. The summed E-state index contributed by atoms with van der Waals surface area (Å²) in [7, 11) is 3.32. The summed E-state index contributed by atoms with van der Waals surface area (Å²) in [6.07, 6.45) is 9.95. The number of rotatable bonds is 12. The molecule has 2 rings (SSSR count). The van der Waals surface area contributed by atoms with Gasteiger partial charge < -0.3 is 24.1 Å². The normalized spacial score (nSPS) is 20.4. The molecule has 1 aliphatic carbocycles. The first kappa shape index (κ1) is 25.0. The maximum absolute atomic E-state index is 11.3. The molecular weight excluding hydrogens is 420 g/mol. The minimum absolute atomic E-state index is 0.227. The Morgan fingerprint density at radius 2 is 2.13 bits per heavy atom. The van der Waals surface area contributed by atoms with Crippen LogP contribution in [0.3, 0.4) is 0 Å². The van der Waals surface area contributed by atoms with E-state index in [0.717, 1.165) is 11.3 Å². The molecule has 2 unspecified atom stereocenters. The fraction of sp³-hybridized carbons (Fsp3) is 0.458. The van der Waals surface area contributed by atoms with Crippen LogP contribution in [0.2, 0.25) is 5.02 Å². The van der Waals surface area contributed by atoms with Gasteiger partial charge in [0.25, 0.3) is 0 Å². The number of benzene rings is 1. The summed E-state index contributed by atoms with van der Waals surface area (Å²) in [5.74, 6) is 0.361. The van der Waals surface area contributed by atoms with Crippen molar-refractivity contribution in [3.05, 3.63) is 64.9 Å². The van der Waals surface area contributed by atoms with E-state index in [-0.39, 0.29) is 12.5 Å².